The van der Waals surface area contributed by atoms with Gasteiger partial charge in [-0.15, -0.1) is 0 Å². The Kier molecular flexibility index (Phi) is 3.28. The van der Waals surface area contributed by atoms with Gasteiger partial charge in [0.05, 0.1) is 0 Å². The Balaban J connectivity index is 3.06. The molecule has 0 aromatic carbocycles. The minimum Gasteiger partial charge on any atom is -0.351 e. The van der Waals surface area contributed by atoms with E-state index in [1.807, 2.05) is 49.9 Å². The molecule has 1 rings (SSSR count). The fourth-order valence-corrected chi connectivity index (χ4v) is 1.46. The summed E-state index contributed by atoms with van der Waals surface area (Å²) in [6.07, 6.45) is 3.94. The summed E-state index contributed by atoms with van der Waals surface area (Å²) in [5, 5.41) is 0. The van der Waals surface area contributed by atoms with Crippen LogP contribution in [0, 0.1) is 5.92 Å². The van der Waals surface area contributed by atoms with Crippen LogP contribution >= 0.6 is 0 Å². The molecule has 1 heterocycles. The number of rotatable bonds is 3. The third-order valence-corrected chi connectivity index (χ3v) is 2.32. The van der Waals surface area contributed by atoms with Crippen LogP contribution in [0.5, 0.6) is 0 Å². The third-order valence-electron chi connectivity index (χ3n) is 2.32. The van der Waals surface area contributed by atoms with Crippen molar-refractivity contribution in [3.05, 3.63) is 29.6 Å². The first-order chi connectivity index (χ1) is 6.52. The van der Waals surface area contributed by atoms with Crippen LogP contribution in [0.4, 0.5) is 0 Å². The monoisotopic (exact) mass is 191 g/mol. The fourth-order valence-electron chi connectivity index (χ4n) is 1.46. The summed E-state index contributed by atoms with van der Waals surface area (Å²) in [6.45, 7) is 5.70. The van der Waals surface area contributed by atoms with E-state index in [-0.39, 0.29) is 11.7 Å². The lowest BCUT2D eigenvalue weighted by Gasteiger charge is -2.07. The van der Waals surface area contributed by atoms with E-state index >= 15 is 0 Å². The quantitative estimate of drug-likeness (QED) is 0.673. The predicted octanol–water partition coefficient (Wildman–Crippen LogP) is 2.65. The first kappa shape index (κ1) is 10.8. The molecule has 1 aromatic heterocycles. The zero-order valence-electron chi connectivity index (χ0n) is 9.24. The Morgan fingerprint density at radius 3 is 2.50 bits per heavy atom. The summed E-state index contributed by atoms with van der Waals surface area (Å²) >= 11 is 0. The number of carbonyl (C=O) groups excluding carboxylic acids is 1. The molecular weight excluding hydrogens is 174 g/mol. The van der Waals surface area contributed by atoms with Gasteiger partial charge >= 0.3 is 0 Å². The van der Waals surface area contributed by atoms with Crippen molar-refractivity contribution in [3.8, 4) is 0 Å². The molecule has 0 N–H and O–H groups in total. The Hall–Kier alpha value is -1.31. The highest BCUT2D eigenvalue weighted by Gasteiger charge is 2.08. The smallest absolute Gasteiger partial charge is 0.156 e. The topological polar surface area (TPSA) is 22.0 Å². The first-order valence-corrected chi connectivity index (χ1v) is 4.86. The SMILES string of the molecule is CC(=O)/C(=C/c1cccn1C)C(C)C. The van der Waals surface area contributed by atoms with Crippen molar-refractivity contribution in [2.24, 2.45) is 13.0 Å². The first-order valence-electron chi connectivity index (χ1n) is 4.86. The fraction of sp³-hybridized carbons (Fsp3) is 0.417. The summed E-state index contributed by atoms with van der Waals surface area (Å²) in [7, 11) is 1.98. The average molecular weight is 191 g/mol. The Morgan fingerprint density at radius 2 is 2.14 bits per heavy atom. The number of Topliss-reactive ketones (excluding diaryl/α,β-unsaturated/α-hetero) is 1. The molecule has 0 radical (unpaired) electrons. The highest BCUT2D eigenvalue weighted by molar-refractivity contribution is 5.97. The molecule has 0 fully saturated rings. The molecule has 0 saturated carbocycles. The van der Waals surface area contributed by atoms with E-state index in [2.05, 4.69) is 0 Å². The van der Waals surface area contributed by atoms with E-state index in [4.69, 9.17) is 0 Å². The van der Waals surface area contributed by atoms with Crippen molar-refractivity contribution >= 4 is 11.9 Å². The third kappa shape index (κ3) is 2.34. The van der Waals surface area contributed by atoms with E-state index in [1.54, 1.807) is 6.92 Å². The summed E-state index contributed by atoms with van der Waals surface area (Å²) in [6, 6.07) is 3.98. The maximum absolute atomic E-state index is 11.3. The van der Waals surface area contributed by atoms with Gasteiger partial charge in [0.1, 0.15) is 0 Å². The Morgan fingerprint density at radius 1 is 1.50 bits per heavy atom. The van der Waals surface area contributed by atoms with Crippen molar-refractivity contribution in [2.45, 2.75) is 20.8 Å². The van der Waals surface area contributed by atoms with Crippen LogP contribution in [0.15, 0.2) is 23.9 Å². The second-order valence-corrected chi connectivity index (χ2v) is 3.85. The van der Waals surface area contributed by atoms with Crippen LogP contribution in [0.2, 0.25) is 0 Å². The summed E-state index contributed by atoms with van der Waals surface area (Å²) in [5.74, 6) is 0.434. The number of carbonyl (C=O) groups is 1. The van der Waals surface area contributed by atoms with Crippen molar-refractivity contribution in [1.82, 2.24) is 4.57 Å². The van der Waals surface area contributed by atoms with Crippen molar-refractivity contribution in [1.29, 1.82) is 0 Å². The van der Waals surface area contributed by atoms with Crippen molar-refractivity contribution in [3.63, 3.8) is 0 Å². The van der Waals surface area contributed by atoms with E-state index in [9.17, 15) is 4.79 Å². The van der Waals surface area contributed by atoms with Crippen LogP contribution < -0.4 is 0 Å². The molecule has 0 aliphatic heterocycles. The number of aromatic nitrogens is 1. The van der Waals surface area contributed by atoms with Gasteiger partial charge in [-0.3, -0.25) is 4.79 Å². The van der Waals surface area contributed by atoms with E-state index in [1.165, 1.54) is 0 Å². The van der Waals surface area contributed by atoms with Crippen LogP contribution in [0.25, 0.3) is 6.08 Å². The molecule has 76 valence electrons. The normalized spacial score (nSPS) is 12.2. The minimum atomic E-state index is 0.154. The molecule has 0 spiro atoms. The number of allylic oxidation sites excluding steroid dienone is 1. The zero-order valence-corrected chi connectivity index (χ0v) is 9.24. The molecule has 0 unspecified atom stereocenters. The molecule has 2 heteroatoms. The van der Waals surface area contributed by atoms with Crippen LogP contribution in [-0.4, -0.2) is 10.4 Å². The summed E-state index contributed by atoms with van der Waals surface area (Å²) < 4.78 is 2.01. The standard InChI is InChI=1S/C12H17NO/c1-9(2)12(10(3)14)8-11-6-5-7-13(11)4/h5-9H,1-4H3/b12-8+. The summed E-state index contributed by atoms with van der Waals surface area (Å²) in [5.41, 5.74) is 1.95. The van der Waals surface area contributed by atoms with Gasteiger partial charge in [0.25, 0.3) is 0 Å². The highest BCUT2D eigenvalue weighted by atomic mass is 16.1. The highest BCUT2D eigenvalue weighted by Crippen LogP contribution is 2.15. The van der Waals surface area contributed by atoms with Gasteiger partial charge in [0.2, 0.25) is 0 Å². The second-order valence-electron chi connectivity index (χ2n) is 3.85. The van der Waals surface area contributed by atoms with Gasteiger partial charge in [-0.05, 0) is 36.6 Å². The molecule has 0 aliphatic rings. The van der Waals surface area contributed by atoms with Crippen LogP contribution in [0.1, 0.15) is 26.5 Å². The Bertz CT molecular complexity index is 358. The number of hydrogen-bond acceptors (Lipinski definition) is 1. The number of hydrogen-bond donors (Lipinski definition) is 0. The van der Waals surface area contributed by atoms with E-state index in [0.717, 1.165) is 11.3 Å². The molecule has 2 nitrogen and oxygen atoms in total. The van der Waals surface area contributed by atoms with Gasteiger partial charge in [-0.2, -0.15) is 0 Å². The van der Waals surface area contributed by atoms with Gasteiger partial charge < -0.3 is 4.57 Å². The second kappa shape index (κ2) is 4.27. The van der Waals surface area contributed by atoms with Crippen LogP contribution in [-0.2, 0) is 11.8 Å². The van der Waals surface area contributed by atoms with Gasteiger partial charge in [0, 0.05) is 18.9 Å². The van der Waals surface area contributed by atoms with E-state index in [0.29, 0.717) is 0 Å². The molecule has 0 bridgehead atoms. The average Bonchev–Trinajstić information content (AvgIpc) is 2.46. The van der Waals surface area contributed by atoms with Gasteiger partial charge in [0.15, 0.2) is 5.78 Å². The van der Waals surface area contributed by atoms with E-state index < -0.39 is 0 Å². The van der Waals surface area contributed by atoms with Crippen molar-refractivity contribution < 1.29 is 4.79 Å². The van der Waals surface area contributed by atoms with Crippen LogP contribution in [0.3, 0.4) is 0 Å². The zero-order chi connectivity index (χ0) is 10.7. The molecule has 0 aliphatic carbocycles. The summed E-state index contributed by atoms with van der Waals surface area (Å²) in [4.78, 5) is 11.3. The van der Waals surface area contributed by atoms with Gasteiger partial charge in [-0.25, -0.2) is 0 Å². The van der Waals surface area contributed by atoms with Gasteiger partial charge in [-0.1, -0.05) is 13.8 Å². The largest absolute Gasteiger partial charge is 0.351 e. The molecule has 0 atom stereocenters. The Labute approximate surface area is 85.2 Å². The number of aryl methyl sites for hydroxylation is 1. The number of nitrogens with zero attached hydrogens (tertiary/aromatic N) is 1. The molecule has 1 aromatic rings. The number of ketones is 1. The lowest BCUT2D eigenvalue weighted by atomic mass is 9.99. The molecule has 14 heavy (non-hydrogen) atoms. The van der Waals surface area contributed by atoms with Crippen molar-refractivity contribution in [2.75, 3.05) is 0 Å². The predicted molar refractivity (Wildman–Crippen MR) is 58.9 cm³/mol. The lowest BCUT2D eigenvalue weighted by molar-refractivity contribution is -0.113. The maximum Gasteiger partial charge on any atom is 0.156 e. The minimum absolute atomic E-state index is 0.154. The molecular formula is C12H17NO. The molecule has 0 saturated heterocycles. The lowest BCUT2D eigenvalue weighted by Crippen LogP contribution is -2.04. The maximum atomic E-state index is 11.3. The molecule has 0 amide bonds.